The quantitative estimate of drug-likeness (QED) is 0.836. The van der Waals surface area contributed by atoms with Gasteiger partial charge < -0.3 is 10.6 Å². The number of nitrogens with two attached hydrogens (primary N) is 1. The van der Waals surface area contributed by atoms with Crippen molar-refractivity contribution in [3.8, 4) is 0 Å². The Morgan fingerprint density at radius 1 is 1.60 bits per heavy atom. The van der Waals surface area contributed by atoms with E-state index in [2.05, 4.69) is 30.9 Å². The first-order valence-corrected chi connectivity index (χ1v) is 5.82. The average molecular weight is 225 g/mol. The molecule has 1 aliphatic rings. The van der Waals surface area contributed by atoms with Gasteiger partial charge in [0.2, 0.25) is 0 Å². The molecule has 2 nitrogen and oxygen atoms in total. The summed E-state index contributed by atoms with van der Waals surface area (Å²) in [5.74, 6) is 0. The van der Waals surface area contributed by atoms with E-state index in [9.17, 15) is 0 Å². The third-order valence-electron chi connectivity index (χ3n) is 3.13. The van der Waals surface area contributed by atoms with Crippen molar-refractivity contribution in [2.75, 3.05) is 11.4 Å². The summed E-state index contributed by atoms with van der Waals surface area (Å²) in [6, 6.07) is 6.72. The molecule has 0 fully saturated rings. The SMILES string of the molecule is CCN1c2ccc(Cl)cc2CC1C(C)N. The van der Waals surface area contributed by atoms with Gasteiger partial charge in [-0.25, -0.2) is 0 Å². The van der Waals surface area contributed by atoms with Gasteiger partial charge in [-0.2, -0.15) is 0 Å². The molecule has 15 heavy (non-hydrogen) atoms. The fourth-order valence-corrected chi connectivity index (χ4v) is 2.58. The van der Waals surface area contributed by atoms with Crippen molar-refractivity contribution in [1.29, 1.82) is 0 Å². The zero-order chi connectivity index (χ0) is 11.0. The molecule has 0 bridgehead atoms. The molecule has 0 radical (unpaired) electrons. The number of rotatable bonds is 2. The van der Waals surface area contributed by atoms with E-state index < -0.39 is 0 Å². The summed E-state index contributed by atoms with van der Waals surface area (Å²) in [5.41, 5.74) is 8.63. The minimum Gasteiger partial charge on any atom is -0.367 e. The number of fused-ring (bicyclic) bond motifs is 1. The minimum absolute atomic E-state index is 0.191. The number of nitrogens with zero attached hydrogens (tertiary/aromatic N) is 1. The molecule has 2 atom stereocenters. The van der Waals surface area contributed by atoms with E-state index in [1.165, 1.54) is 11.3 Å². The smallest absolute Gasteiger partial charge is 0.0479 e. The maximum absolute atomic E-state index is 6.01. The molecule has 0 spiro atoms. The molecular weight excluding hydrogens is 208 g/mol. The molecule has 0 aromatic heterocycles. The van der Waals surface area contributed by atoms with Crippen molar-refractivity contribution in [2.45, 2.75) is 32.4 Å². The molecule has 0 saturated carbocycles. The Morgan fingerprint density at radius 3 is 2.93 bits per heavy atom. The maximum atomic E-state index is 6.01. The first-order valence-electron chi connectivity index (χ1n) is 5.44. The van der Waals surface area contributed by atoms with Crippen LogP contribution in [0.25, 0.3) is 0 Å². The van der Waals surface area contributed by atoms with Gasteiger partial charge in [-0.1, -0.05) is 11.6 Å². The summed E-state index contributed by atoms with van der Waals surface area (Å²) in [6.07, 6.45) is 1.02. The van der Waals surface area contributed by atoms with Crippen LogP contribution in [0.4, 0.5) is 5.69 Å². The second kappa shape index (κ2) is 4.03. The molecule has 0 aliphatic carbocycles. The predicted molar refractivity (Wildman–Crippen MR) is 65.6 cm³/mol. The third kappa shape index (κ3) is 1.84. The highest BCUT2D eigenvalue weighted by Crippen LogP contribution is 2.34. The molecule has 0 saturated heterocycles. The second-order valence-corrected chi connectivity index (χ2v) is 4.63. The Morgan fingerprint density at radius 2 is 2.33 bits per heavy atom. The van der Waals surface area contributed by atoms with E-state index in [-0.39, 0.29) is 6.04 Å². The molecule has 0 amide bonds. The van der Waals surface area contributed by atoms with Gasteiger partial charge in [0, 0.05) is 29.3 Å². The van der Waals surface area contributed by atoms with Crippen LogP contribution in [0, 0.1) is 0 Å². The third-order valence-corrected chi connectivity index (χ3v) is 3.36. The largest absolute Gasteiger partial charge is 0.367 e. The van der Waals surface area contributed by atoms with Gasteiger partial charge in [0.15, 0.2) is 0 Å². The summed E-state index contributed by atoms with van der Waals surface area (Å²) in [4.78, 5) is 2.37. The Hall–Kier alpha value is -0.730. The number of benzene rings is 1. The van der Waals surface area contributed by atoms with Gasteiger partial charge in [-0.05, 0) is 44.0 Å². The van der Waals surface area contributed by atoms with Crippen LogP contribution in [-0.2, 0) is 6.42 Å². The number of hydrogen-bond donors (Lipinski definition) is 1. The van der Waals surface area contributed by atoms with E-state index in [0.717, 1.165) is 18.0 Å². The van der Waals surface area contributed by atoms with Crippen LogP contribution in [0.1, 0.15) is 19.4 Å². The van der Waals surface area contributed by atoms with Gasteiger partial charge in [-0.3, -0.25) is 0 Å². The van der Waals surface area contributed by atoms with Crippen molar-refractivity contribution in [2.24, 2.45) is 5.73 Å². The summed E-state index contributed by atoms with van der Waals surface area (Å²) in [6.45, 7) is 5.24. The van der Waals surface area contributed by atoms with Gasteiger partial charge in [-0.15, -0.1) is 0 Å². The normalized spacial score (nSPS) is 21.6. The Balaban J connectivity index is 2.37. The van der Waals surface area contributed by atoms with Crippen LogP contribution in [-0.4, -0.2) is 18.6 Å². The lowest BCUT2D eigenvalue weighted by Gasteiger charge is -2.28. The summed E-state index contributed by atoms with van der Waals surface area (Å²) in [7, 11) is 0. The molecule has 2 N–H and O–H groups in total. The van der Waals surface area contributed by atoms with E-state index in [0.29, 0.717) is 6.04 Å². The van der Waals surface area contributed by atoms with Crippen LogP contribution in [0.3, 0.4) is 0 Å². The van der Waals surface area contributed by atoms with Crippen LogP contribution in [0.5, 0.6) is 0 Å². The standard InChI is InChI=1S/C12H17ClN2/c1-3-15-11-5-4-10(13)6-9(11)7-12(15)8(2)14/h4-6,8,12H,3,7,14H2,1-2H3. The van der Waals surface area contributed by atoms with Gasteiger partial charge in [0.25, 0.3) is 0 Å². The molecule has 1 aliphatic heterocycles. The van der Waals surface area contributed by atoms with Crippen molar-refractivity contribution in [1.82, 2.24) is 0 Å². The Bertz CT molecular complexity index is 363. The molecule has 2 rings (SSSR count). The summed E-state index contributed by atoms with van der Waals surface area (Å²) >= 11 is 5.99. The van der Waals surface area contributed by atoms with E-state index in [1.54, 1.807) is 0 Å². The molecule has 1 heterocycles. The lowest BCUT2D eigenvalue weighted by molar-refractivity contribution is 0.539. The fraction of sp³-hybridized carbons (Fsp3) is 0.500. The van der Waals surface area contributed by atoms with E-state index >= 15 is 0 Å². The lowest BCUT2D eigenvalue weighted by atomic mass is 10.1. The van der Waals surface area contributed by atoms with Crippen molar-refractivity contribution < 1.29 is 0 Å². The van der Waals surface area contributed by atoms with Crippen molar-refractivity contribution in [3.05, 3.63) is 28.8 Å². The van der Waals surface area contributed by atoms with Crippen LogP contribution in [0.2, 0.25) is 5.02 Å². The topological polar surface area (TPSA) is 29.3 Å². The molecule has 2 unspecified atom stereocenters. The van der Waals surface area contributed by atoms with Crippen molar-refractivity contribution in [3.63, 3.8) is 0 Å². The fourth-order valence-electron chi connectivity index (χ4n) is 2.39. The number of halogens is 1. The van der Waals surface area contributed by atoms with Gasteiger partial charge >= 0.3 is 0 Å². The lowest BCUT2D eigenvalue weighted by Crippen LogP contribution is -2.44. The van der Waals surface area contributed by atoms with Crippen LogP contribution in [0.15, 0.2) is 18.2 Å². The molecule has 3 heteroatoms. The highest BCUT2D eigenvalue weighted by molar-refractivity contribution is 6.30. The van der Waals surface area contributed by atoms with Crippen LogP contribution >= 0.6 is 11.6 Å². The average Bonchev–Trinajstić information content (AvgIpc) is 2.55. The first kappa shape index (κ1) is 10.8. The van der Waals surface area contributed by atoms with Gasteiger partial charge in [0.05, 0.1) is 0 Å². The monoisotopic (exact) mass is 224 g/mol. The maximum Gasteiger partial charge on any atom is 0.0479 e. The zero-order valence-corrected chi connectivity index (χ0v) is 9.96. The van der Waals surface area contributed by atoms with E-state index in [4.69, 9.17) is 17.3 Å². The number of anilines is 1. The van der Waals surface area contributed by atoms with Crippen molar-refractivity contribution >= 4 is 17.3 Å². The van der Waals surface area contributed by atoms with Crippen LogP contribution < -0.4 is 10.6 Å². The van der Waals surface area contributed by atoms with Gasteiger partial charge in [0.1, 0.15) is 0 Å². The highest BCUT2D eigenvalue weighted by Gasteiger charge is 2.30. The Kier molecular flexibility index (Phi) is 2.89. The predicted octanol–water partition coefficient (Wildman–Crippen LogP) is 2.44. The minimum atomic E-state index is 0.191. The highest BCUT2D eigenvalue weighted by atomic mass is 35.5. The van der Waals surface area contributed by atoms with E-state index in [1.807, 2.05) is 6.07 Å². The number of hydrogen-bond acceptors (Lipinski definition) is 2. The first-order chi connectivity index (χ1) is 7.13. The summed E-state index contributed by atoms with van der Waals surface area (Å²) in [5, 5.41) is 0.815. The Labute approximate surface area is 96.0 Å². The number of likely N-dealkylation sites (N-methyl/N-ethyl adjacent to an activating group) is 1. The molecular formula is C12H17ClN2. The zero-order valence-electron chi connectivity index (χ0n) is 9.20. The molecule has 82 valence electrons. The molecule has 1 aromatic carbocycles. The second-order valence-electron chi connectivity index (χ2n) is 4.19. The molecule has 1 aromatic rings. The summed E-state index contributed by atoms with van der Waals surface area (Å²) < 4.78 is 0.